The summed E-state index contributed by atoms with van der Waals surface area (Å²) < 4.78 is 4.58. The molecule has 132 valence electrons. The Morgan fingerprint density at radius 2 is 1.88 bits per heavy atom. The van der Waals surface area contributed by atoms with Gasteiger partial charge in [0.25, 0.3) is 0 Å². The minimum atomic E-state index is -0.244. The van der Waals surface area contributed by atoms with Crippen LogP contribution in [-0.4, -0.2) is 48.6 Å². The maximum Gasteiger partial charge on any atom is 0.305 e. The van der Waals surface area contributed by atoms with Crippen LogP contribution in [0.5, 0.6) is 0 Å². The van der Waals surface area contributed by atoms with Crippen LogP contribution >= 0.6 is 0 Å². The zero-order valence-corrected chi connectivity index (χ0v) is 14.7. The fourth-order valence-corrected chi connectivity index (χ4v) is 2.88. The first-order chi connectivity index (χ1) is 11.5. The van der Waals surface area contributed by atoms with Gasteiger partial charge in [-0.2, -0.15) is 0 Å². The molecular formula is C17H26N4O3. The summed E-state index contributed by atoms with van der Waals surface area (Å²) in [5.41, 5.74) is 1.92. The van der Waals surface area contributed by atoms with E-state index in [1.165, 1.54) is 7.11 Å². The minimum absolute atomic E-state index is 0.0188. The topological polar surface area (TPSA) is 84.4 Å². The van der Waals surface area contributed by atoms with E-state index in [2.05, 4.69) is 24.9 Å². The normalized spacial score (nSPS) is 15.2. The van der Waals surface area contributed by atoms with Gasteiger partial charge in [-0.1, -0.05) is 0 Å². The molecule has 0 unspecified atom stereocenters. The second kappa shape index (κ2) is 8.61. The lowest BCUT2D eigenvalue weighted by Gasteiger charge is -2.31. The van der Waals surface area contributed by atoms with Gasteiger partial charge in [-0.05, 0) is 39.2 Å². The van der Waals surface area contributed by atoms with Crippen LogP contribution in [0.2, 0.25) is 0 Å². The van der Waals surface area contributed by atoms with Gasteiger partial charge in [0.1, 0.15) is 0 Å². The number of esters is 1. The fraction of sp³-hybridized carbons (Fsp3) is 0.647. The summed E-state index contributed by atoms with van der Waals surface area (Å²) in [6.07, 6.45) is 2.52. The van der Waals surface area contributed by atoms with Gasteiger partial charge in [-0.3, -0.25) is 9.59 Å². The summed E-state index contributed by atoms with van der Waals surface area (Å²) in [6.45, 7) is 6.00. The molecule has 0 radical (unpaired) electrons. The third-order valence-corrected chi connectivity index (χ3v) is 4.20. The number of aromatic nitrogens is 2. The van der Waals surface area contributed by atoms with Gasteiger partial charge in [0.15, 0.2) is 0 Å². The largest absolute Gasteiger partial charge is 0.469 e. The van der Waals surface area contributed by atoms with Gasteiger partial charge >= 0.3 is 5.97 Å². The average molecular weight is 334 g/mol. The first kappa shape index (κ1) is 18.2. The molecule has 0 bridgehead atoms. The second-order valence-electron chi connectivity index (χ2n) is 6.18. The van der Waals surface area contributed by atoms with E-state index in [0.29, 0.717) is 19.4 Å². The molecule has 1 aromatic rings. The molecule has 1 aliphatic heterocycles. The van der Waals surface area contributed by atoms with Crippen molar-refractivity contribution >= 4 is 17.8 Å². The number of amides is 1. The number of carbonyl (C=O) groups is 2. The summed E-state index contributed by atoms with van der Waals surface area (Å²) >= 11 is 0. The van der Waals surface area contributed by atoms with Gasteiger partial charge in [0, 0.05) is 43.4 Å². The Kier molecular flexibility index (Phi) is 6.52. The van der Waals surface area contributed by atoms with E-state index >= 15 is 0 Å². The van der Waals surface area contributed by atoms with Crippen LogP contribution in [0.1, 0.15) is 37.1 Å². The smallest absolute Gasteiger partial charge is 0.305 e. The number of piperidine rings is 1. The maximum absolute atomic E-state index is 12.2. The number of carbonyl (C=O) groups excluding carboxylic acids is 2. The predicted molar refractivity (Wildman–Crippen MR) is 90.7 cm³/mol. The lowest BCUT2D eigenvalue weighted by Crippen LogP contribution is -2.41. The van der Waals surface area contributed by atoms with Gasteiger partial charge in [0.05, 0.1) is 7.11 Å². The number of hydrogen-bond donors (Lipinski definition) is 1. The van der Waals surface area contributed by atoms with Crippen LogP contribution in [0.4, 0.5) is 5.95 Å². The van der Waals surface area contributed by atoms with Crippen molar-refractivity contribution in [3.63, 3.8) is 0 Å². The molecule has 7 heteroatoms. The number of rotatable bonds is 6. The SMILES string of the molecule is COC(=O)CCCNC(=O)C1CCN(c2nc(C)cc(C)n2)CC1. The Morgan fingerprint density at radius 3 is 2.46 bits per heavy atom. The molecule has 1 aromatic heterocycles. The molecule has 7 nitrogen and oxygen atoms in total. The van der Waals surface area contributed by atoms with E-state index in [1.54, 1.807) is 0 Å². The van der Waals surface area contributed by atoms with Crippen LogP contribution in [0.15, 0.2) is 6.07 Å². The van der Waals surface area contributed by atoms with Gasteiger partial charge < -0.3 is 15.0 Å². The first-order valence-electron chi connectivity index (χ1n) is 8.41. The molecule has 0 aromatic carbocycles. The molecule has 1 N–H and O–H groups in total. The molecule has 1 amide bonds. The van der Waals surface area contributed by atoms with Crippen molar-refractivity contribution in [2.45, 2.75) is 39.5 Å². The molecule has 0 atom stereocenters. The highest BCUT2D eigenvalue weighted by Gasteiger charge is 2.26. The molecule has 1 aliphatic rings. The Hall–Kier alpha value is -2.18. The molecule has 1 fully saturated rings. The highest BCUT2D eigenvalue weighted by molar-refractivity contribution is 5.79. The minimum Gasteiger partial charge on any atom is -0.469 e. The summed E-state index contributed by atoms with van der Waals surface area (Å²) in [6, 6.07) is 1.96. The zero-order chi connectivity index (χ0) is 17.5. The Balaban J connectivity index is 1.75. The molecule has 0 saturated carbocycles. The lowest BCUT2D eigenvalue weighted by molar-refractivity contribution is -0.140. The first-order valence-corrected chi connectivity index (χ1v) is 8.41. The molecule has 2 rings (SSSR count). The Morgan fingerprint density at radius 1 is 1.25 bits per heavy atom. The van der Waals surface area contributed by atoms with Crippen molar-refractivity contribution in [1.29, 1.82) is 0 Å². The van der Waals surface area contributed by atoms with Gasteiger partial charge in [-0.15, -0.1) is 0 Å². The average Bonchev–Trinajstić information content (AvgIpc) is 2.57. The van der Waals surface area contributed by atoms with Crippen LogP contribution in [0, 0.1) is 19.8 Å². The third kappa shape index (κ3) is 5.18. The van der Waals surface area contributed by atoms with E-state index in [-0.39, 0.29) is 17.8 Å². The summed E-state index contributed by atoms with van der Waals surface area (Å²) in [5, 5.41) is 2.91. The van der Waals surface area contributed by atoms with E-state index in [0.717, 1.165) is 43.3 Å². The quantitative estimate of drug-likeness (QED) is 0.625. The number of methoxy groups -OCH3 is 1. The second-order valence-corrected chi connectivity index (χ2v) is 6.18. The van der Waals surface area contributed by atoms with Gasteiger partial charge in [-0.25, -0.2) is 9.97 Å². The van der Waals surface area contributed by atoms with Crippen molar-refractivity contribution in [1.82, 2.24) is 15.3 Å². The molecule has 24 heavy (non-hydrogen) atoms. The van der Waals surface area contributed by atoms with Crippen LogP contribution in [0.3, 0.4) is 0 Å². The van der Waals surface area contributed by atoms with Crippen LogP contribution in [-0.2, 0) is 14.3 Å². The number of ether oxygens (including phenoxy) is 1. The van der Waals surface area contributed by atoms with E-state index < -0.39 is 0 Å². The number of nitrogens with zero attached hydrogens (tertiary/aromatic N) is 3. The number of nitrogens with one attached hydrogen (secondary N) is 1. The summed E-state index contributed by atoms with van der Waals surface area (Å²) in [4.78, 5) is 34.3. The van der Waals surface area contributed by atoms with Gasteiger partial charge in [0.2, 0.25) is 11.9 Å². The predicted octanol–water partition coefficient (Wildman–Crippen LogP) is 1.38. The Labute approximate surface area is 142 Å². The lowest BCUT2D eigenvalue weighted by atomic mass is 9.96. The fourth-order valence-electron chi connectivity index (χ4n) is 2.88. The zero-order valence-electron chi connectivity index (χ0n) is 14.7. The molecular weight excluding hydrogens is 308 g/mol. The molecule has 0 spiro atoms. The maximum atomic E-state index is 12.2. The number of hydrogen-bond acceptors (Lipinski definition) is 6. The molecule has 0 aliphatic carbocycles. The van der Waals surface area contributed by atoms with E-state index in [1.807, 2.05) is 19.9 Å². The number of aryl methyl sites for hydroxylation is 2. The molecule has 2 heterocycles. The van der Waals surface area contributed by atoms with Crippen molar-refractivity contribution in [2.75, 3.05) is 31.6 Å². The molecule has 1 saturated heterocycles. The third-order valence-electron chi connectivity index (χ3n) is 4.20. The Bertz CT molecular complexity index is 563. The van der Waals surface area contributed by atoms with Crippen molar-refractivity contribution in [3.8, 4) is 0 Å². The summed E-state index contributed by atoms with van der Waals surface area (Å²) in [7, 11) is 1.37. The van der Waals surface area contributed by atoms with Crippen LogP contribution in [0.25, 0.3) is 0 Å². The number of anilines is 1. The van der Waals surface area contributed by atoms with Crippen molar-refractivity contribution in [3.05, 3.63) is 17.5 Å². The van der Waals surface area contributed by atoms with Crippen molar-refractivity contribution < 1.29 is 14.3 Å². The highest BCUT2D eigenvalue weighted by atomic mass is 16.5. The van der Waals surface area contributed by atoms with E-state index in [4.69, 9.17) is 0 Å². The standard InChI is InChI=1S/C17H26N4O3/c1-12-11-13(2)20-17(19-12)21-9-6-14(7-10-21)16(23)18-8-4-5-15(22)24-3/h11,14H,4-10H2,1-3H3,(H,18,23). The van der Waals surface area contributed by atoms with E-state index in [9.17, 15) is 9.59 Å². The van der Waals surface area contributed by atoms with Crippen LogP contribution < -0.4 is 10.2 Å². The highest BCUT2D eigenvalue weighted by Crippen LogP contribution is 2.21. The summed E-state index contributed by atoms with van der Waals surface area (Å²) in [5.74, 6) is 0.599. The monoisotopic (exact) mass is 334 g/mol. The van der Waals surface area contributed by atoms with Crippen molar-refractivity contribution in [2.24, 2.45) is 5.92 Å².